The average Bonchev–Trinajstić information content (AvgIpc) is 1.47. The molecule has 656 valence electrons. The average molecular weight is 1720 g/mol. The van der Waals surface area contributed by atoms with Crippen molar-refractivity contribution in [3.8, 4) is 0 Å². The summed E-state index contributed by atoms with van der Waals surface area (Å²) in [5.74, 6) is -2.22. The van der Waals surface area contributed by atoms with Crippen LogP contribution in [-0.4, -0.2) is 145 Å². The van der Waals surface area contributed by atoms with Crippen molar-refractivity contribution in [2.24, 2.45) is 27.2 Å². The molecule has 0 bridgehead atoms. The fourth-order valence-corrected chi connectivity index (χ4v) is 17.4. The number of β-amino-alcohol motifs (C(OH)–C–C–N with tert-alkyl or cyclic N) is 1. The summed E-state index contributed by atoms with van der Waals surface area (Å²) in [7, 11) is 0. The zero-order valence-electron chi connectivity index (χ0n) is 71.7. The van der Waals surface area contributed by atoms with Crippen LogP contribution in [0.5, 0.6) is 0 Å². The lowest BCUT2D eigenvalue weighted by atomic mass is 9.76. The molecule has 0 radical (unpaired) electrons. The molecule has 10 heterocycles. The number of nitrogens with one attached hydrogen (secondary N) is 7. The number of likely N-dealkylation sites (tertiary alicyclic amines) is 1. The first-order valence-corrected chi connectivity index (χ1v) is 43.3. The van der Waals surface area contributed by atoms with Crippen molar-refractivity contribution in [1.29, 1.82) is 0 Å². The van der Waals surface area contributed by atoms with E-state index in [9.17, 15) is 57.5 Å². The Bertz CT molecular complexity index is 5420. The van der Waals surface area contributed by atoms with Gasteiger partial charge < -0.3 is 55.2 Å². The number of aliphatic imine (C=N–C) groups is 2. The highest BCUT2D eigenvalue weighted by Crippen LogP contribution is 2.45. The first-order valence-electron chi connectivity index (χ1n) is 43.3. The van der Waals surface area contributed by atoms with Crippen LogP contribution in [0.25, 0.3) is 25.0 Å². The lowest BCUT2D eigenvalue weighted by molar-refractivity contribution is -0.149. The third kappa shape index (κ3) is 23.3. The molecule has 7 saturated heterocycles. The number of benzene rings is 4. The van der Waals surface area contributed by atoms with Gasteiger partial charge in [-0.3, -0.25) is 78.4 Å². The zero-order chi connectivity index (χ0) is 90.2. The molecule has 31 nitrogen and oxygen atoms in total. The van der Waals surface area contributed by atoms with Gasteiger partial charge in [-0.15, -0.1) is 9.98 Å². The van der Waals surface area contributed by atoms with Crippen molar-refractivity contribution >= 4 is 134 Å². The maximum atomic E-state index is 12.8. The minimum Gasteiger partial charge on any atom is -0.475 e. The van der Waals surface area contributed by atoms with E-state index >= 15 is 0 Å². The first-order chi connectivity index (χ1) is 61.1. The molecule has 9 aliphatic heterocycles. The molecular weight excluding hydrogens is 1620 g/mol. The molecule has 0 unspecified atom stereocenters. The summed E-state index contributed by atoms with van der Waals surface area (Å²) in [5.41, 5.74) is 12.9. The number of amides is 12. The van der Waals surface area contributed by atoms with Gasteiger partial charge in [-0.05, 0) is 182 Å². The summed E-state index contributed by atoms with van der Waals surface area (Å²) in [4.78, 5) is 176. The molecule has 16 rings (SSSR count). The molecule has 127 heavy (non-hydrogen) atoms. The van der Waals surface area contributed by atoms with Crippen LogP contribution in [0.4, 0.5) is 45.7 Å². The molecule has 11 aliphatic rings. The SMILES string of the molecule is [C-]#[N+]C1=CCC(C(=O)Nc2ccc(C3CC(=O)NC(=O)C3)cc2N2CCC(C)CC2)=C1.[C-]#[N+]C1=CCC(C(=O)Nc2ccc(C3CC(=O)NC(=O)C3)cc2N2CCC(C)CC2)=N1.[C-]#[N+]C1=CCC(C(=O)Nc2ccc(C3CC(=O)NC(=O)C3)cc2N2CCCCC2)=N1.[C-]#[N+]c1ccc(C(=O)Nc2ccc(C3CC(=O)N(CCO)C(=O)C3)cc2C2=CCC(C)(C)CC2)o1. The van der Waals surface area contributed by atoms with Crippen LogP contribution in [0.3, 0.4) is 0 Å². The second-order valence-corrected chi connectivity index (χ2v) is 34.7. The van der Waals surface area contributed by atoms with Crippen LogP contribution < -0.4 is 51.9 Å². The largest absolute Gasteiger partial charge is 0.475 e. The number of aliphatic hydroxyl groups is 1. The van der Waals surface area contributed by atoms with E-state index in [1.54, 1.807) is 30.4 Å². The summed E-state index contributed by atoms with van der Waals surface area (Å²) in [6.07, 6.45) is 22.4. The van der Waals surface area contributed by atoms with E-state index in [2.05, 4.69) is 115 Å². The Hall–Kier alpha value is -14.0. The summed E-state index contributed by atoms with van der Waals surface area (Å²) < 4.78 is 5.27. The van der Waals surface area contributed by atoms with Crippen LogP contribution in [0, 0.1) is 43.5 Å². The summed E-state index contributed by atoms with van der Waals surface area (Å²) >= 11 is 0. The third-order valence-corrected chi connectivity index (χ3v) is 24.9. The van der Waals surface area contributed by atoms with E-state index in [0.717, 1.165) is 152 Å². The van der Waals surface area contributed by atoms with Gasteiger partial charge in [0.1, 0.15) is 0 Å². The number of hydrogen-bond acceptors (Lipinski definition) is 19. The van der Waals surface area contributed by atoms with Gasteiger partial charge in [-0.25, -0.2) is 4.85 Å². The van der Waals surface area contributed by atoms with E-state index in [4.69, 9.17) is 35.8 Å². The maximum absolute atomic E-state index is 12.8. The number of carbonyl (C=O) groups is 12. The van der Waals surface area contributed by atoms with Crippen LogP contribution in [0.2, 0.25) is 0 Å². The fourth-order valence-electron chi connectivity index (χ4n) is 17.4. The lowest BCUT2D eigenvalue weighted by Gasteiger charge is -2.34. The number of imide groups is 4. The Morgan fingerprint density at radius 2 is 0.898 bits per heavy atom. The monoisotopic (exact) mass is 1720 g/mol. The Balaban J connectivity index is 0.000000145. The molecule has 4 aromatic carbocycles. The standard InChI is InChI=1S/C27H29N3O5.C24H26N4O3.C23H25N5O3.C22H23N5O3/c1-27(2)10-8-17(9-11-27)20-14-18(19-15-24(32)30(12-13-31)25(33)16-19)4-5-21(20)29-26(34)22-6-7-23(28-3)35-22;1-15-7-9-28(10-8-15)21-12-16(18-13-22(29)27-23(30)14-18)4-6-20(21)26-24(31)17-3-5-19(11-17)25-2;1-14-7-9-28(10-8-14)19-11-15(16-12-21(29)27-22(30)13-16)3-4-17(19)26-23(31)18-5-6-20(24-2)25-18;1-23-19-8-7-17(24-19)22(30)25-16-6-5-14(15-12-20(28)26-21(29)13-15)11-18(16)27-9-3-2-4-10-27/h4-8,14,19,31H,9-13,15-16H2,1-2H3,(H,29,34);4-6,11-12,15,18H,3,7-10,13-14H2,1H3,(H,26,31)(H,27,29,30);3-4,6,11,14,16H,5,7-10,12-13H2,1H3,(H,26,31)(H,27,29,30);5-6,8,11,15H,2-4,7,9-10,12-13H2,(H,25,30)(H,26,28,29). The number of carbonyl (C=O) groups excluding carboxylic acids is 12. The summed E-state index contributed by atoms with van der Waals surface area (Å²) in [6.45, 7) is 42.2. The van der Waals surface area contributed by atoms with Gasteiger partial charge in [-0.2, -0.15) is 4.85 Å². The van der Waals surface area contributed by atoms with E-state index in [0.29, 0.717) is 76.5 Å². The fraction of sp³-hybridized carbons (Fsp3) is 0.417. The number of aliphatic hydroxyl groups excluding tert-OH is 1. The van der Waals surface area contributed by atoms with Gasteiger partial charge in [0.2, 0.25) is 47.3 Å². The van der Waals surface area contributed by atoms with Crippen LogP contribution in [0.15, 0.2) is 153 Å². The highest BCUT2D eigenvalue weighted by molar-refractivity contribution is 6.45. The predicted molar refractivity (Wildman–Crippen MR) is 479 cm³/mol. The van der Waals surface area contributed by atoms with Crippen molar-refractivity contribution in [2.75, 3.05) is 88.4 Å². The van der Waals surface area contributed by atoms with Crippen molar-refractivity contribution in [3.05, 3.63) is 217 Å². The lowest BCUT2D eigenvalue weighted by Crippen LogP contribution is -2.44. The van der Waals surface area contributed by atoms with Crippen molar-refractivity contribution in [2.45, 2.75) is 186 Å². The van der Waals surface area contributed by atoms with Crippen LogP contribution >= 0.6 is 0 Å². The second kappa shape index (κ2) is 41.2. The molecule has 7 fully saturated rings. The van der Waals surface area contributed by atoms with Gasteiger partial charge in [-0.1, -0.05) is 89.4 Å². The Morgan fingerprint density at radius 3 is 1.29 bits per heavy atom. The molecule has 31 heteroatoms. The molecule has 2 aliphatic carbocycles. The summed E-state index contributed by atoms with van der Waals surface area (Å²) in [6, 6.07) is 25.8. The number of furan rings is 1. The molecule has 12 amide bonds. The minimum atomic E-state index is -0.451. The summed E-state index contributed by atoms with van der Waals surface area (Å²) in [5, 5.41) is 28.0. The minimum absolute atomic E-state index is 0.0191. The normalized spacial score (nSPS) is 19.5. The Kier molecular flexibility index (Phi) is 29.4. The van der Waals surface area contributed by atoms with Gasteiger partial charge in [0.05, 0.1) is 60.4 Å². The molecule has 0 saturated carbocycles. The predicted octanol–water partition coefficient (Wildman–Crippen LogP) is 14.1. The quantitative estimate of drug-likeness (QED) is 0.0298. The second-order valence-electron chi connectivity index (χ2n) is 34.7. The third-order valence-electron chi connectivity index (χ3n) is 24.9. The van der Waals surface area contributed by atoms with E-state index in [1.165, 1.54) is 18.6 Å². The number of anilines is 7. The van der Waals surface area contributed by atoms with Crippen molar-refractivity contribution in [3.63, 3.8) is 0 Å². The van der Waals surface area contributed by atoms with Crippen molar-refractivity contribution < 1.29 is 67.1 Å². The smallest absolute Gasteiger partial charge is 0.346 e. The zero-order valence-corrected chi connectivity index (χ0v) is 71.7. The Labute approximate surface area is 737 Å². The molecule has 0 spiro atoms. The van der Waals surface area contributed by atoms with Gasteiger partial charge in [0.25, 0.3) is 35.3 Å². The highest BCUT2D eigenvalue weighted by Gasteiger charge is 2.37. The van der Waals surface area contributed by atoms with E-state index in [1.807, 2.05) is 66.7 Å². The highest BCUT2D eigenvalue weighted by atomic mass is 16.4. The van der Waals surface area contributed by atoms with Crippen LogP contribution in [-0.2, 0) is 52.7 Å². The van der Waals surface area contributed by atoms with Gasteiger partial charge in [0.15, 0.2) is 22.9 Å². The number of piperidine rings is 7. The van der Waals surface area contributed by atoms with Gasteiger partial charge in [0, 0.05) is 144 Å². The van der Waals surface area contributed by atoms with Crippen molar-refractivity contribution in [1.82, 2.24) is 20.9 Å². The molecule has 1 aromatic heterocycles. The number of rotatable bonds is 18. The van der Waals surface area contributed by atoms with E-state index < -0.39 is 5.91 Å². The number of hydrogen-bond donors (Lipinski definition) is 8. The van der Waals surface area contributed by atoms with Gasteiger partial charge >= 0.3 is 5.88 Å². The number of allylic oxidation sites excluding steroid dienone is 6. The molecule has 5 aromatic rings. The topological polar surface area (TPSA) is 378 Å². The maximum Gasteiger partial charge on any atom is 0.346 e. The molecular formula is C96H103N17O14. The van der Waals surface area contributed by atoms with E-state index in [-0.39, 0.29) is 182 Å². The Morgan fingerprint density at radius 1 is 0.480 bits per heavy atom. The molecule has 0 atom stereocenters. The number of nitrogens with zero attached hydrogens (tertiary/aromatic N) is 10. The first kappa shape index (κ1) is 90.7. The molecule has 8 N–H and O–H groups in total. The van der Waals surface area contributed by atoms with Crippen LogP contribution in [0.1, 0.15) is 225 Å².